The largest absolute Gasteiger partial charge is 0.365 e. The van der Waals surface area contributed by atoms with Crippen molar-refractivity contribution in [1.29, 1.82) is 0 Å². The maximum atomic E-state index is 13.6. The SMILES string of the molecule is CC1CC(=O)CCN1c1cc(F)c(F)cc1F. The van der Waals surface area contributed by atoms with E-state index in [0.717, 1.165) is 6.07 Å². The molecule has 0 bridgehead atoms. The van der Waals surface area contributed by atoms with Crippen molar-refractivity contribution in [3.63, 3.8) is 0 Å². The van der Waals surface area contributed by atoms with Gasteiger partial charge in [0.1, 0.15) is 11.6 Å². The third-order valence-corrected chi connectivity index (χ3v) is 2.99. The van der Waals surface area contributed by atoms with E-state index in [-0.39, 0.29) is 17.5 Å². The van der Waals surface area contributed by atoms with Crippen LogP contribution in [0.3, 0.4) is 0 Å². The predicted octanol–water partition coefficient (Wildman–Crippen LogP) is 2.66. The van der Waals surface area contributed by atoms with Crippen LogP contribution >= 0.6 is 0 Å². The molecule has 2 rings (SSSR count). The van der Waals surface area contributed by atoms with E-state index in [1.54, 1.807) is 11.8 Å². The molecule has 1 aliphatic heterocycles. The first-order chi connectivity index (χ1) is 7.99. The van der Waals surface area contributed by atoms with E-state index in [0.29, 0.717) is 25.5 Å². The lowest BCUT2D eigenvalue weighted by atomic mass is 10.0. The summed E-state index contributed by atoms with van der Waals surface area (Å²) < 4.78 is 39.4. The lowest BCUT2D eigenvalue weighted by molar-refractivity contribution is -0.120. The van der Waals surface area contributed by atoms with Crippen molar-refractivity contribution < 1.29 is 18.0 Å². The van der Waals surface area contributed by atoms with Crippen LogP contribution in [0, 0.1) is 17.5 Å². The minimum Gasteiger partial charge on any atom is -0.365 e. The number of rotatable bonds is 1. The minimum atomic E-state index is -1.20. The van der Waals surface area contributed by atoms with Crippen molar-refractivity contribution in [2.24, 2.45) is 0 Å². The molecule has 0 aliphatic carbocycles. The van der Waals surface area contributed by atoms with Gasteiger partial charge in [0.25, 0.3) is 0 Å². The van der Waals surface area contributed by atoms with Crippen molar-refractivity contribution in [3.05, 3.63) is 29.6 Å². The lowest BCUT2D eigenvalue weighted by Crippen LogP contribution is -2.41. The summed E-state index contributed by atoms with van der Waals surface area (Å²) in [5, 5.41) is 0. The van der Waals surface area contributed by atoms with Crippen LogP contribution in [0.15, 0.2) is 12.1 Å². The van der Waals surface area contributed by atoms with Gasteiger partial charge in [-0.25, -0.2) is 13.2 Å². The van der Waals surface area contributed by atoms with Gasteiger partial charge in [-0.05, 0) is 6.92 Å². The fourth-order valence-corrected chi connectivity index (χ4v) is 2.10. The van der Waals surface area contributed by atoms with E-state index in [4.69, 9.17) is 0 Å². The molecule has 1 aromatic rings. The first kappa shape index (κ1) is 12.0. The standard InChI is InChI=1S/C12H12F3NO/c1-7-4-8(17)2-3-16(7)12-6-10(14)9(13)5-11(12)15/h5-7H,2-4H2,1H3. The highest BCUT2D eigenvalue weighted by molar-refractivity contribution is 5.81. The van der Waals surface area contributed by atoms with Gasteiger partial charge in [0.2, 0.25) is 0 Å². The van der Waals surface area contributed by atoms with Crippen LogP contribution in [0.5, 0.6) is 0 Å². The van der Waals surface area contributed by atoms with Crippen molar-refractivity contribution in [3.8, 4) is 0 Å². The van der Waals surface area contributed by atoms with Gasteiger partial charge in [-0.2, -0.15) is 0 Å². The Bertz CT molecular complexity index is 461. The van der Waals surface area contributed by atoms with Crippen molar-refractivity contribution in [2.45, 2.75) is 25.8 Å². The van der Waals surface area contributed by atoms with E-state index >= 15 is 0 Å². The number of nitrogens with zero attached hydrogens (tertiary/aromatic N) is 1. The van der Waals surface area contributed by atoms with Crippen LogP contribution in [0.4, 0.5) is 18.9 Å². The number of anilines is 1. The number of Topliss-reactive ketones (excluding diaryl/α,β-unsaturated/α-hetero) is 1. The van der Waals surface area contributed by atoms with Crippen LogP contribution in [0.1, 0.15) is 19.8 Å². The highest BCUT2D eigenvalue weighted by atomic mass is 19.2. The Kier molecular flexibility index (Phi) is 3.09. The van der Waals surface area contributed by atoms with Gasteiger partial charge < -0.3 is 4.90 Å². The van der Waals surface area contributed by atoms with Crippen molar-refractivity contribution in [1.82, 2.24) is 0 Å². The van der Waals surface area contributed by atoms with Crippen molar-refractivity contribution >= 4 is 11.5 Å². The molecule has 0 aromatic heterocycles. The smallest absolute Gasteiger partial charge is 0.161 e. The molecule has 1 atom stereocenters. The molecular formula is C12H12F3NO. The third kappa shape index (κ3) is 2.28. The molecular weight excluding hydrogens is 231 g/mol. The van der Waals surface area contributed by atoms with Crippen LogP contribution in [0.2, 0.25) is 0 Å². The van der Waals surface area contributed by atoms with Gasteiger partial charge in [-0.1, -0.05) is 0 Å². The number of halogens is 3. The molecule has 0 N–H and O–H groups in total. The number of piperidine rings is 1. The fourth-order valence-electron chi connectivity index (χ4n) is 2.10. The van der Waals surface area contributed by atoms with Crippen LogP contribution in [0.25, 0.3) is 0 Å². The normalized spacial score (nSPS) is 20.8. The zero-order valence-electron chi connectivity index (χ0n) is 9.34. The minimum absolute atomic E-state index is 0.0175. The van der Waals surface area contributed by atoms with Gasteiger partial charge >= 0.3 is 0 Å². The molecule has 1 aromatic carbocycles. The average molecular weight is 243 g/mol. The van der Waals surface area contributed by atoms with Gasteiger partial charge in [-0.15, -0.1) is 0 Å². The first-order valence-electron chi connectivity index (χ1n) is 5.42. The quantitative estimate of drug-likeness (QED) is 0.707. The van der Waals surface area contributed by atoms with Crippen molar-refractivity contribution in [2.75, 3.05) is 11.4 Å². The fraction of sp³-hybridized carbons (Fsp3) is 0.417. The van der Waals surface area contributed by atoms with E-state index < -0.39 is 17.5 Å². The summed E-state index contributed by atoms with van der Waals surface area (Å²) in [6, 6.07) is 1.18. The van der Waals surface area contributed by atoms with E-state index in [2.05, 4.69) is 0 Å². The molecule has 92 valence electrons. The second kappa shape index (κ2) is 4.39. The molecule has 1 saturated heterocycles. The second-order valence-electron chi connectivity index (χ2n) is 4.25. The van der Waals surface area contributed by atoms with E-state index in [1.807, 2.05) is 0 Å². The Labute approximate surface area is 97.0 Å². The molecule has 1 fully saturated rings. The Morgan fingerprint density at radius 3 is 2.47 bits per heavy atom. The average Bonchev–Trinajstić information content (AvgIpc) is 2.24. The molecule has 1 unspecified atom stereocenters. The second-order valence-corrected chi connectivity index (χ2v) is 4.25. The summed E-state index contributed by atoms with van der Waals surface area (Å²) >= 11 is 0. The third-order valence-electron chi connectivity index (χ3n) is 2.99. The molecule has 1 aliphatic rings. The summed E-state index contributed by atoms with van der Waals surface area (Å²) in [5.41, 5.74) is 0.0175. The van der Waals surface area contributed by atoms with E-state index in [9.17, 15) is 18.0 Å². The number of carbonyl (C=O) groups is 1. The first-order valence-corrected chi connectivity index (χ1v) is 5.42. The number of carbonyl (C=O) groups excluding carboxylic acids is 1. The molecule has 0 saturated carbocycles. The maximum Gasteiger partial charge on any atom is 0.161 e. The van der Waals surface area contributed by atoms with E-state index in [1.165, 1.54) is 0 Å². The van der Waals surface area contributed by atoms with Crippen LogP contribution in [-0.2, 0) is 4.79 Å². The zero-order valence-corrected chi connectivity index (χ0v) is 9.34. The molecule has 0 amide bonds. The topological polar surface area (TPSA) is 20.3 Å². The van der Waals surface area contributed by atoms with Gasteiger partial charge in [0.05, 0.1) is 5.69 Å². The van der Waals surface area contributed by atoms with Crippen LogP contribution in [-0.4, -0.2) is 18.4 Å². The Balaban J connectivity index is 2.34. The number of hydrogen-bond donors (Lipinski definition) is 0. The highest BCUT2D eigenvalue weighted by Gasteiger charge is 2.26. The van der Waals surface area contributed by atoms with Gasteiger partial charge in [0.15, 0.2) is 11.6 Å². The predicted molar refractivity (Wildman–Crippen MR) is 57.4 cm³/mol. The molecule has 17 heavy (non-hydrogen) atoms. The number of ketones is 1. The summed E-state index contributed by atoms with van der Waals surface area (Å²) in [4.78, 5) is 12.8. The molecule has 0 spiro atoms. The molecule has 2 nitrogen and oxygen atoms in total. The Morgan fingerprint density at radius 2 is 1.82 bits per heavy atom. The molecule has 0 radical (unpaired) electrons. The summed E-state index contributed by atoms with van der Waals surface area (Å²) in [5.74, 6) is -2.97. The maximum absolute atomic E-state index is 13.6. The number of benzene rings is 1. The number of hydrogen-bond acceptors (Lipinski definition) is 2. The zero-order chi connectivity index (χ0) is 12.6. The molecule has 5 heteroatoms. The highest BCUT2D eigenvalue weighted by Crippen LogP contribution is 2.27. The van der Waals surface area contributed by atoms with Crippen LogP contribution < -0.4 is 4.90 Å². The van der Waals surface area contributed by atoms with Gasteiger partial charge in [-0.3, -0.25) is 4.79 Å². The lowest BCUT2D eigenvalue weighted by Gasteiger charge is -2.34. The summed E-state index contributed by atoms with van der Waals surface area (Å²) in [6.45, 7) is 2.10. The molecule has 1 heterocycles. The summed E-state index contributed by atoms with van der Waals surface area (Å²) in [6.07, 6.45) is 0.612. The van der Waals surface area contributed by atoms with Gasteiger partial charge in [0, 0.05) is 37.6 Å². The Hall–Kier alpha value is -1.52. The summed E-state index contributed by atoms with van der Waals surface area (Å²) in [7, 11) is 0. The monoisotopic (exact) mass is 243 g/mol. The Morgan fingerprint density at radius 1 is 1.18 bits per heavy atom.